The van der Waals surface area contributed by atoms with E-state index in [0.29, 0.717) is 6.61 Å². The number of carbonyl (C=O) groups excluding carboxylic acids is 1. The highest BCUT2D eigenvalue weighted by Gasteiger charge is 2.44. The maximum absolute atomic E-state index is 11.8. The van der Waals surface area contributed by atoms with Crippen LogP contribution in [0, 0.1) is 0 Å². The number of nitrogens with zero attached hydrogens (tertiary/aromatic N) is 2. The van der Waals surface area contributed by atoms with Crippen LogP contribution >= 0.6 is 0 Å². The van der Waals surface area contributed by atoms with Crippen molar-refractivity contribution in [3.63, 3.8) is 0 Å². The molecule has 0 unspecified atom stereocenters. The third kappa shape index (κ3) is 3.01. The molecule has 0 radical (unpaired) electrons. The number of carbonyl (C=O) groups is 1. The Balaban J connectivity index is 1.67. The lowest BCUT2D eigenvalue weighted by Crippen LogP contribution is -2.42. The van der Waals surface area contributed by atoms with E-state index >= 15 is 0 Å². The molecule has 8 heteroatoms. The lowest BCUT2D eigenvalue weighted by Gasteiger charge is -2.41. The molecular weight excluding hydrogens is 340 g/mol. The van der Waals surface area contributed by atoms with E-state index in [4.69, 9.17) is 23.7 Å². The highest BCUT2D eigenvalue weighted by Crippen LogP contribution is 2.44. The van der Waals surface area contributed by atoms with Gasteiger partial charge in [-0.1, -0.05) is 30.3 Å². The lowest BCUT2D eigenvalue weighted by atomic mass is 10.0. The number of hydrogen-bond acceptors (Lipinski definition) is 7. The lowest BCUT2D eigenvalue weighted by molar-refractivity contribution is -0.307. The van der Waals surface area contributed by atoms with Crippen molar-refractivity contribution in [3.05, 3.63) is 53.3 Å². The van der Waals surface area contributed by atoms with Crippen molar-refractivity contribution >= 4 is 5.97 Å². The number of benzene rings is 1. The van der Waals surface area contributed by atoms with Gasteiger partial charge in [-0.15, -0.1) is 0 Å². The minimum atomic E-state index is -0.585. The number of methoxy groups -OCH3 is 2. The number of aromatic nitrogens is 2. The van der Waals surface area contributed by atoms with E-state index in [0.717, 1.165) is 16.8 Å². The fourth-order valence-electron chi connectivity index (χ4n) is 3.30. The first-order chi connectivity index (χ1) is 12.7. The van der Waals surface area contributed by atoms with Crippen molar-refractivity contribution in [2.45, 2.75) is 31.3 Å². The summed E-state index contributed by atoms with van der Waals surface area (Å²) in [4.78, 5) is 11.8. The molecule has 2 aliphatic heterocycles. The number of esters is 1. The summed E-state index contributed by atoms with van der Waals surface area (Å²) in [5, 5.41) is 4.31. The zero-order valence-electron chi connectivity index (χ0n) is 14.5. The molecule has 0 aliphatic carbocycles. The largest absolute Gasteiger partial charge is 0.468 e. The fourth-order valence-corrected chi connectivity index (χ4v) is 3.30. The van der Waals surface area contributed by atoms with Crippen molar-refractivity contribution < 1.29 is 28.5 Å². The quantitative estimate of drug-likeness (QED) is 0.770. The molecule has 26 heavy (non-hydrogen) atoms. The molecule has 0 bridgehead atoms. The second-order valence-corrected chi connectivity index (χ2v) is 6.09. The van der Waals surface area contributed by atoms with Crippen LogP contribution in [0.3, 0.4) is 0 Å². The third-order valence-electron chi connectivity index (χ3n) is 4.54. The fraction of sp³-hybridized carbons (Fsp3) is 0.444. The summed E-state index contributed by atoms with van der Waals surface area (Å²) in [6.07, 6.45) is -0.255. The third-order valence-corrected chi connectivity index (χ3v) is 4.54. The summed E-state index contributed by atoms with van der Waals surface area (Å²) < 4.78 is 29.8. The van der Waals surface area contributed by atoms with Crippen LogP contribution in [0.5, 0.6) is 0 Å². The maximum atomic E-state index is 11.8. The van der Waals surface area contributed by atoms with Gasteiger partial charge >= 0.3 is 5.97 Å². The molecule has 2 aromatic rings. The van der Waals surface area contributed by atoms with Gasteiger partial charge in [0.15, 0.2) is 12.6 Å². The summed E-state index contributed by atoms with van der Waals surface area (Å²) in [7, 11) is 2.91. The molecule has 1 aromatic heterocycles. The van der Waals surface area contributed by atoms with E-state index in [1.165, 1.54) is 7.11 Å². The van der Waals surface area contributed by atoms with Gasteiger partial charge in [0, 0.05) is 12.7 Å². The van der Waals surface area contributed by atoms with Gasteiger partial charge in [0.2, 0.25) is 0 Å². The van der Waals surface area contributed by atoms with E-state index in [2.05, 4.69) is 5.10 Å². The van der Waals surface area contributed by atoms with Crippen molar-refractivity contribution in [2.24, 2.45) is 0 Å². The van der Waals surface area contributed by atoms with Gasteiger partial charge in [0.1, 0.15) is 18.8 Å². The zero-order chi connectivity index (χ0) is 18.1. The molecule has 0 spiro atoms. The van der Waals surface area contributed by atoms with Crippen LogP contribution in [0.4, 0.5) is 0 Å². The van der Waals surface area contributed by atoms with Gasteiger partial charge in [-0.2, -0.15) is 5.10 Å². The van der Waals surface area contributed by atoms with Crippen molar-refractivity contribution in [3.8, 4) is 0 Å². The average molecular weight is 360 g/mol. The second kappa shape index (κ2) is 7.16. The van der Waals surface area contributed by atoms with Crippen LogP contribution in [0.1, 0.15) is 35.5 Å². The van der Waals surface area contributed by atoms with Gasteiger partial charge < -0.3 is 23.7 Å². The molecule has 0 saturated carbocycles. The van der Waals surface area contributed by atoms with Crippen molar-refractivity contribution in [2.75, 3.05) is 20.8 Å². The Morgan fingerprint density at radius 1 is 1.27 bits per heavy atom. The Kier molecular flexibility index (Phi) is 4.73. The van der Waals surface area contributed by atoms with Crippen LogP contribution in [0.15, 0.2) is 36.5 Å². The Morgan fingerprint density at radius 3 is 2.81 bits per heavy atom. The van der Waals surface area contributed by atoms with E-state index in [-0.39, 0.29) is 18.6 Å². The SMILES string of the molecule is COC(=O)Cn1ncc2c1[C@@H]1O[C@H](c3ccccc3)OC[C@H]1O[C@@H]2OC. The Morgan fingerprint density at radius 2 is 2.08 bits per heavy atom. The highest BCUT2D eigenvalue weighted by molar-refractivity contribution is 5.69. The molecular formula is C18H20N2O6. The monoisotopic (exact) mass is 360 g/mol. The molecule has 1 saturated heterocycles. The molecule has 8 nitrogen and oxygen atoms in total. The summed E-state index contributed by atoms with van der Waals surface area (Å²) in [6.45, 7) is 0.332. The molecule has 0 N–H and O–H groups in total. The number of fused-ring (bicyclic) bond motifs is 3. The zero-order valence-corrected chi connectivity index (χ0v) is 14.5. The first-order valence-electron chi connectivity index (χ1n) is 8.34. The number of ether oxygens (including phenoxy) is 5. The molecule has 1 aromatic carbocycles. The number of rotatable bonds is 4. The number of hydrogen-bond donors (Lipinski definition) is 0. The van der Waals surface area contributed by atoms with Gasteiger partial charge in [0.05, 0.1) is 31.2 Å². The first-order valence-corrected chi connectivity index (χ1v) is 8.34. The van der Waals surface area contributed by atoms with E-state index in [9.17, 15) is 4.79 Å². The van der Waals surface area contributed by atoms with E-state index < -0.39 is 18.7 Å². The summed E-state index contributed by atoms with van der Waals surface area (Å²) in [5.41, 5.74) is 2.41. The van der Waals surface area contributed by atoms with Crippen LogP contribution < -0.4 is 0 Å². The molecule has 3 heterocycles. The van der Waals surface area contributed by atoms with E-state index in [1.54, 1.807) is 18.0 Å². The minimum Gasteiger partial charge on any atom is -0.468 e. The molecule has 4 rings (SSSR count). The first kappa shape index (κ1) is 17.2. The minimum absolute atomic E-state index is 0.00823. The van der Waals surface area contributed by atoms with Crippen LogP contribution in [-0.4, -0.2) is 42.7 Å². The van der Waals surface area contributed by atoms with Gasteiger partial charge in [-0.3, -0.25) is 9.48 Å². The van der Waals surface area contributed by atoms with Gasteiger partial charge in [-0.05, 0) is 0 Å². The normalized spacial score (nSPS) is 27.5. The summed E-state index contributed by atoms with van der Waals surface area (Å²) in [6, 6.07) is 9.68. The second-order valence-electron chi connectivity index (χ2n) is 6.09. The molecule has 138 valence electrons. The molecule has 2 aliphatic rings. The van der Waals surface area contributed by atoms with Crippen LogP contribution in [0.25, 0.3) is 0 Å². The summed E-state index contributed by atoms with van der Waals surface area (Å²) >= 11 is 0. The highest BCUT2D eigenvalue weighted by atomic mass is 16.7. The maximum Gasteiger partial charge on any atom is 0.327 e. The smallest absolute Gasteiger partial charge is 0.327 e. The van der Waals surface area contributed by atoms with Gasteiger partial charge in [0.25, 0.3) is 0 Å². The average Bonchev–Trinajstić information content (AvgIpc) is 3.11. The standard InChI is InChI=1S/C18H20N2O6/c1-22-14(21)9-20-15-12(8-19-20)18(23-2)25-13-10-24-17(26-16(13)15)11-6-4-3-5-7-11/h3-8,13,16-18H,9-10H2,1-2H3/t13-,16-,17-,18+/m1/s1. The van der Waals surface area contributed by atoms with Crippen LogP contribution in [-0.2, 0) is 35.0 Å². The van der Waals surface area contributed by atoms with Crippen molar-refractivity contribution in [1.82, 2.24) is 9.78 Å². The Hall–Kier alpha value is -2.26. The molecule has 1 fully saturated rings. The summed E-state index contributed by atoms with van der Waals surface area (Å²) in [5.74, 6) is -0.389. The van der Waals surface area contributed by atoms with Crippen molar-refractivity contribution in [1.29, 1.82) is 0 Å². The predicted molar refractivity (Wildman–Crippen MR) is 87.8 cm³/mol. The predicted octanol–water partition coefficient (Wildman–Crippen LogP) is 1.89. The Bertz CT molecular complexity index is 777. The topological polar surface area (TPSA) is 81.0 Å². The molecule has 0 amide bonds. The Labute approximate surface area is 150 Å². The molecule has 4 atom stereocenters. The van der Waals surface area contributed by atoms with Gasteiger partial charge in [-0.25, -0.2) is 0 Å². The van der Waals surface area contributed by atoms with Crippen LogP contribution in [0.2, 0.25) is 0 Å². The van der Waals surface area contributed by atoms with E-state index in [1.807, 2.05) is 30.3 Å².